The van der Waals surface area contributed by atoms with Gasteiger partial charge in [0.2, 0.25) is 15.9 Å². The first-order chi connectivity index (χ1) is 20.2. The van der Waals surface area contributed by atoms with Crippen molar-refractivity contribution < 1.29 is 35.2 Å². The molecule has 8 nitrogen and oxygen atoms in total. The molecule has 1 aromatic heterocycles. The molecular weight excluding hydrogens is 593 g/mol. The Morgan fingerprint density at radius 1 is 0.953 bits per heavy atom. The minimum absolute atomic E-state index is 0.0567. The van der Waals surface area contributed by atoms with Gasteiger partial charge in [-0.3, -0.25) is 9.52 Å². The van der Waals surface area contributed by atoms with Crippen molar-refractivity contribution in [3.8, 4) is 0 Å². The normalized spacial score (nSPS) is 12.1. The van der Waals surface area contributed by atoms with Crippen molar-refractivity contribution in [1.82, 2.24) is 10.3 Å². The summed E-state index contributed by atoms with van der Waals surface area (Å²) in [6.45, 7) is 4.21. The molecule has 4 N–H and O–H groups in total. The van der Waals surface area contributed by atoms with E-state index in [1.54, 1.807) is 6.07 Å². The van der Waals surface area contributed by atoms with Gasteiger partial charge in [0.05, 0.1) is 11.9 Å². The molecule has 14 heteroatoms. The first kappa shape index (κ1) is 33.3. The first-order valence-electron chi connectivity index (χ1n) is 13.3. The number of sulfonamides is 1. The lowest BCUT2D eigenvalue weighted by Gasteiger charge is -2.18. The SMILES string of the molecule is CCCNc1nc(C(F)(F)F)ccc1C(=CC(=O)NCc1cc(F)c(NS(C)(=O)=O)cc1F)Cc1ccccc1NCC. The van der Waals surface area contributed by atoms with Gasteiger partial charge in [0.1, 0.15) is 23.1 Å². The van der Waals surface area contributed by atoms with E-state index >= 15 is 0 Å². The number of rotatable bonds is 13. The Kier molecular flexibility index (Phi) is 11.1. The number of para-hydroxylation sites is 1. The number of nitrogens with one attached hydrogen (secondary N) is 4. The fourth-order valence-electron chi connectivity index (χ4n) is 4.11. The van der Waals surface area contributed by atoms with Crippen LogP contribution < -0.4 is 20.7 Å². The summed E-state index contributed by atoms with van der Waals surface area (Å²) in [7, 11) is -3.86. The third kappa shape index (κ3) is 9.66. The van der Waals surface area contributed by atoms with Crippen molar-refractivity contribution in [1.29, 1.82) is 0 Å². The molecule has 3 rings (SSSR count). The molecule has 1 heterocycles. The van der Waals surface area contributed by atoms with E-state index in [0.29, 0.717) is 31.1 Å². The highest BCUT2D eigenvalue weighted by molar-refractivity contribution is 7.92. The Hall–Kier alpha value is -4.20. The number of pyridine rings is 1. The van der Waals surface area contributed by atoms with Crippen LogP contribution >= 0.6 is 0 Å². The van der Waals surface area contributed by atoms with Crippen molar-refractivity contribution in [2.45, 2.75) is 39.4 Å². The van der Waals surface area contributed by atoms with Gasteiger partial charge < -0.3 is 16.0 Å². The molecule has 0 radical (unpaired) electrons. The molecule has 0 unspecified atom stereocenters. The third-order valence-corrected chi connectivity index (χ3v) is 6.62. The van der Waals surface area contributed by atoms with Gasteiger partial charge in [-0.2, -0.15) is 13.2 Å². The van der Waals surface area contributed by atoms with Crippen LogP contribution in [-0.4, -0.2) is 38.7 Å². The number of alkyl halides is 3. The lowest BCUT2D eigenvalue weighted by atomic mass is 9.96. The van der Waals surface area contributed by atoms with Crippen LogP contribution in [0.15, 0.2) is 54.6 Å². The van der Waals surface area contributed by atoms with Gasteiger partial charge in [-0.15, -0.1) is 0 Å². The molecule has 0 saturated heterocycles. The van der Waals surface area contributed by atoms with Crippen LogP contribution in [0.1, 0.15) is 42.7 Å². The zero-order chi connectivity index (χ0) is 31.8. The first-order valence-corrected chi connectivity index (χ1v) is 15.2. The molecule has 0 bridgehead atoms. The second-order valence-corrected chi connectivity index (χ2v) is 11.3. The zero-order valence-corrected chi connectivity index (χ0v) is 24.5. The Labute approximate surface area is 246 Å². The Balaban J connectivity index is 2.00. The largest absolute Gasteiger partial charge is 0.433 e. The van der Waals surface area contributed by atoms with Gasteiger partial charge in [0.25, 0.3) is 0 Å². The summed E-state index contributed by atoms with van der Waals surface area (Å²) in [5.41, 5.74) is 0.167. The topological polar surface area (TPSA) is 112 Å². The molecule has 0 aliphatic rings. The van der Waals surface area contributed by atoms with Crippen molar-refractivity contribution in [2.75, 3.05) is 34.7 Å². The van der Waals surface area contributed by atoms with Gasteiger partial charge in [0, 0.05) is 55.0 Å². The van der Waals surface area contributed by atoms with E-state index in [9.17, 15) is 35.2 Å². The second-order valence-electron chi connectivity index (χ2n) is 9.57. The highest BCUT2D eigenvalue weighted by atomic mass is 32.2. The number of carbonyl (C=O) groups excluding carboxylic acids is 1. The fourth-order valence-corrected chi connectivity index (χ4v) is 4.67. The molecule has 0 spiro atoms. The van der Waals surface area contributed by atoms with Crippen LogP contribution in [0.25, 0.3) is 5.57 Å². The highest BCUT2D eigenvalue weighted by Gasteiger charge is 2.33. The van der Waals surface area contributed by atoms with Gasteiger partial charge in [-0.05, 0) is 48.7 Å². The number of hydrogen-bond acceptors (Lipinski definition) is 6. The number of benzene rings is 2. The fraction of sp³-hybridized carbons (Fsp3) is 0.310. The van der Waals surface area contributed by atoms with Crippen LogP contribution in [0.5, 0.6) is 0 Å². The molecule has 1 amide bonds. The number of carbonyl (C=O) groups is 1. The van der Waals surface area contributed by atoms with Gasteiger partial charge in [0.15, 0.2) is 0 Å². The number of halogens is 5. The molecular formula is C29H32F5N5O3S. The zero-order valence-electron chi connectivity index (χ0n) is 23.7. The maximum atomic E-state index is 14.6. The van der Waals surface area contributed by atoms with Crippen LogP contribution in [0.2, 0.25) is 0 Å². The van der Waals surface area contributed by atoms with E-state index in [1.165, 1.54) is 12.1 Å². The van der Waals surface area contributed by atoms with Gasteiger partial charge in [-0.1, -0.05) is 25.1 Å². The van der Waals surface area contributed by atoms with Crippen LogP contribution in [0.4, 0.5) is 39.1 Å². The Morgan fingerprint density at radius 3 is 2.33 bits per heavy atom. The smallest absolute Gasteiger partial charge is 0.385 e. The monoisotopic (exact) mass is 625 g/mol. The van der Waals surface area contributed by atoms with Crippen molar-refractivity contribution in [2.24, 2.45) is 0 Å². The predicted octanol–water partition coefficient (Wildman–Crippen LogP) is 5.95. The minimum Gasteiger partial charge on any atom is -0.385 e. The molecule has 0 fully saturated rings. The second kappa shape index (κ2) is 14.3. The molecule has 43 heavy (non-hydrogen) atoms. The van der Waals surface area contributed by atoms with Gasteiger partial charge >= 0.3 is 6.18 Å². The van der Waals surface area contributed by atoms with Crippen LogP contribution in [0.3, 0.4) is 0 Å². The van der Waals surface area contributed by atoms with E-state index in [4.69, 9.17) is 0 Å². The molecule has 2 aromatic carbocycles. The molecule has 0 saturated carbocycles. The predicted molar refractivity (Wildman–Crippen MR) is 157 cm³/mol. The summed E-state index contributed by atoms with van der Waals surface area (Å²) < 4.78 is 94.1. The quantitative estimate of drug-likeness (QED) is 0.138. The maximum Gasteiger partial charge on any atom is 0.433 e. The van der Waals surface area contributed by atoms with E-state index in [-0.39, 0.29) is 23.4 Å². The molecule has 0 aliphatic heterocycles. The molecule has 3 aromatic rings. The summed E-state index contributed by atoms with van der Waals surface area (Å²) in [5.74, 6) is -2.79. The minimum atomic E-state index is -4.69. The summed E-state index contributed by atoms with van der Waals surface area (Å²) in [6.07, 6.45) is -2.00. The van der Waals surface area contributed by atoms with Crippen molar-refractivity contribution in [3.63, 3.8) is 0 Å². The number of hydrogen-bond donors (Lipinski definition) is 4. The Bertz CT molecular complexity index is 1590. The van der Waals surface area contributed by atoms with Crippen molar-refractivity contribution in [3.05, 3.63) is 88.6 Å². The van der Waals surface area contributed by atoms with Gasteiger partial charge in [-0.25, -0.2) is 22.2 Å². The number of anilines is 3. The van der Waals surface area contributed by atoms with E-state index in [1.807, 2.05) is 36.8 Å². The van der Waals surface area contributed by atoms with Crippen molar-refractivity contribution >= 4 is 38.7 Å². The average molecular weight is 626 g/mol. The number of allylic oxidation sites excluding steroid dienone is 1. The molecule has 0 aliphatic carbocycles. The Morgan fingerprint density at radius 2 is 1.67 bits per heavy atom. The molecule has 232 valence electrons. The standard InChI is InChI=1S/C29H32F5N5O3S/c1-4-12-36-28-21(10-11-26(38-28)29(32,33)34)19(13-18-8-6-7-9-24(18)35-5-2)15-27(40)37-17-20-14-23(31)25(16-22(20)30)39-43(3,41)42/h6-11,14-16,35,39H,4-5,12-13,17H2,1-3H3,(H,36,38)(H,37,40). The number of aromatic nitrogens is 1. The van der Waals surface area contributed by atoms with E-state index < -0.39 is 51.7 Å². The number of nitrogens with zero attached hydrogens (tertiary/aromatic N) is 1. The summed E-state index contributed by atoms with van der Waals surface area (Å²) in [5, 5.41) is 8.58. The highest BCUT2D eigenvalue weighted by Crippen LogP contribution is 2.33. The maximum absolute atomic E-state index is 14.6. The number of amides is 1. The van der Waals surface area contributed by atoms with E-state index in [0.717, 1.165) is 29.6 Å². The third-order valence-electron chi connectivity index (χ3n) is 6.03. The lowest BCUT2D eigenvalue weighted by Crippen LogP contribution is -2.22. The lowest BCUT2D eigenvalue weighted by molar-refractivity contribution is -0.141. The van der Waals surface area contributed by atoms with Crippen LogP contribution in [0, 0.1) is 11.6 Å². The summed E-state index contributed by atoms with van der Waals surface area (Å²) in [4.78, 5) is 16.9. The van der Waals surface area contributed by atoms with E-state index in [2.05, 4.69) is 20.9 Å². The summed E-state index contributed by atoms with van der Waals surface area (Å²) >= 11 is 0. The van der Waals surface area contributed by atoms with Crippen LogP contribution in [-0.2, 0) is 34.0 Å². The summed E-state index contributed by atoms with van der Waals surface area (Å²) in [6, 6.07) is 10.7. The average Bonchev–Trinajstić information content (AvgIpc) is 2.92. The molecule has 0 atom stereocenters.